The molecule has 2 saturated heterocycles. The van der Waals surface area contributed by atoms with E-state index >= 15 is 0 Å². The largest absolute Gasteiger partial charge is 0.476 e. The fourth-order valence-electron chi connectivity index (χ4n) is 6.59. The zero-order valence-electron chi connectivity index (χ0n) is 29.0. The molecule has 0 saturated carbocycles. The highest BCUT2D eigenvalue weighted by Crippen LogP contribution is 2.43. The van der Waals surface area contributed by atoms with Crippen molar-refractivity contribution in [1.82, 2.24) is 24.7 Å². The molecular formula is C35H41F6N5O5S. The molecule has 284 valence electrons. The molecule has 5 rings (SSSR count). The first kappa shape index (κ1) is 39.1. The predicted octanol–water partition coefficient (Wildman–Crippen LogP) is 6.81. The van der Waals surface area contributed by atoms with Gasteiger partial charge in [0, 0.05) is 81.4 Å². The fourth-order valence-corrected chi connectivity index (χ4v) is 7.27. The lowest BCUT2D eigenvalue weighted by Gasteiger charge is -2.50. The Morgan fingerprint density at radius 3 is 2.42 bits per heavy atom. The lowest BCUT2D eigenvalue weighted by atomic mass is 9.79. The molecule has 0 radical (unpaired) electrons. The summed E-state index contributed by atoms with van der Waals surface area (Å²) in [5.41, 5.74) is -3.75. The molecule has 10 nitrogen and oxygen atoms in total. The number of piperidine rings is 2. The van der Waals surface area contributed by atoms with Gasteiger partial charge < -0.3 is 28.9 Å². The lowest BCUT2D eigenvalue weighted by Crippen LogP contribution is -2.68. The van der Waals surface area contributed by atoms with Crippen LogP contribution in [0.1, 0.15) is 66.2 Å². The Labute approximate surface area is 301 Å². The van der Waals surface area contributed by atoms with E-state index in [1.54, 1.807) is 25.1 Å². The number of alkyl halides is 6. The van der Waals surface area contributed by atoms with Gasteiger partial charge in [0.15, 0.2) is 0 Å². The molecule has 3 aromatic rings. The summed E-state index contributed by atoms with van der Waals surface area (Å²) in [5, 5.41) is 1.15. The Morgan fingerprint density at radius 2 is 1.77 bits per heavy atom. The third-order valence-corrected chi connectivity index (χ3v) is 10.0. The first-order valence-corrected chi connectivity index (χ1v) is 17.9. The number of hydrogen-bond acceptors (Lipinski definition) is 9. The second-order valence-corrected chi connectivity index (χ2v) is 13.9. The van der Waals surface area contributed by atoms with Crippen molar-refractivity contribution in [2.75, 3.05) is 46.9 Å². The molecule has 0 N–H and O–H groups in total. The van der Waals surface area contributed by atoms with Gasteiger partial charge in [0.1, 0.15) is 23.3 Å². The van der Waals surface area contributed by atoms with E-state index in [2.05, 4.69) is 9.97 Å². The van der Waals surface area contributed by atoms with Crippen LogP contribution in [0.2, 0.25) is 0 Å². The first-order valence-electron chi connectivity index (χ1n) is 17.0. The first-order chi connectivity index (χ1) is 24.6. The number of rotatable bonds is 12. The number of likely N-dealkylation sites (N-methyl/N-ethyl adjacent to an activating group) is 1. The highest BCUT2D eigenvalue weighted by Gasteiger charge is 2.56. The van der Waals surface area contributed by atoms with Crippen LogP contribution in [0.4, 0.5) is 26.3 Å². The minimum atomic E-state index is -4.86. The average molecular weight is 758 g/mol. The highest BCUT2D eigenvalue weighted by atomic mass is 32.1. The molecule has 3 aromatic heterocycles. The van der Waals surface area contributed by atoms with Crippen molar-refractivity contribution in [2.45, 2.75) is 75.5 Å². The number of ether oxygens (including phenoxy) is 3. The Kier molecular flexibility index (Phi) is 12.2. The monoisotopic (exact) mass is 757 g/mol. The summed E-state index contributed by atoms with van der Waals surface area (Å²) in [6, 6.07) is 5.59. The van der Waals surface area contributed by atoms with Crippen LogP contribution in [-0.4, -0.2) is 101 Å². The number of carbonyl (C=O) groups is 2. The van der Waals surface area contributed by atoms with E-state index in [0.717, 1.165) is 23.8 Å². The summed E-state index contributed by atoms with van der Waals surface area (Å²) in [6.45, 7) is 3.31. The number of halogens is 6. The van der Waals surface area contributed by atoms with Gasteiger partial charge >= 0.3 is 12.4 Å². The topological polar surface area (TPSA) is 97.3 Å². The second kappa shape index (κ2) is 16.3. The molecule has 2 aliphatic rings. The van der Waals surface area contributed by atoms with E-state index < -0.39 is 51.8 Å². The van der Waals surface area contributed by atoms with Gasteiger partial charge in [0.2, 0.25) is 17.4 Å². The molecule has 2 atom stereocenters. The number of hydrogen-bond donors (Lipinski definition) is 0. The van der Waals surface area contributed by atoms with Gasteiger partial charge in [-0.3, -0.25) is 14.6 Å². The number of thiophene rings is 1. The Hall–Kier alpha value is -4.12. The van der Waals surface area contributed by atoms with Crippen molar-refractivity contribution in [2.24, 2.45) is 0 Å². The van der Waals surface area contributed by atoms with E-state index in [0.29, 0.717) is 61.6 Å². The SMILES string of the molecule is CCC[C@H]1N(C(=O)c2cnccc2C(F)(F)F)CCC[C@@]1(Oc1csc(C(F)(F)F)c1)C(=O)N1CCC(Oc2cccc(OCCN(C)C)n2)CC1. The van der Waals surface area contributed by atoms with Gasteiger partial charge in [0.05, 0.1) is 17.2 Å². The van der Waals surface area contributed by atoms with Gasteiger partial charge in [0.25, 0.3) is 11.8 Å². The van der Waals surface area contributed by atoms with E-state index in [1.807, 2.05) is 19.0 Å². The zero-order chi connectivity index (χ0) is 37.7. The zero-order valence-corrected chi connectivity index (χ0v) is 29.8. The highest BCUT2D eigenvalue weighted by molar-refractivity contribution is 7.10. The van der Waals surface area contributed by atoms with Crippen LogP contribution in [0.15, 0.2) is 48.1 Å². The van der Waals surface area contributed by atoms with Crippen molar-refractivity contribution in [3.8, 4) is 17.5 Å². The standard InChI is InChI=1S/C35H41F6N5O5S/c1-4-7-27-33(51-24-20-28(52-22-24)35(39,40)41,13-6-15-46(27)31(47)25-21-42-14-10-26(25)34(36,37)38)32(48)45-16-11-23(12-17-45)50-30-9-5-8-29(43-30)49-19-18-44(2)3/h5,8-10,14,20-23,27H,4,6-7,11-13,15-19H2,1-3H3/t27-,33+/m1/s1. The number of pyridine rings is 2. The smallest absolute Gasteiger partial charge is 0.425 e. The molecule has 2 fully saturated rings. The van der Waals surface area contributed by atoms with E-state index in [9.17, 15) is 35.9 Å². The van der Waals surface area contributed by atoms with Crippen LogP contribution in [0, 0.1) is 0 Å². The quantitative estimate of drug-likeness (QED) is 0.186. The molecular weight excluding hydrogens is 716 g/mol. The van der Waals surface area contributed by atoms with Crippen LogP contribution < -0.4 is 14.2 Å². The average Bonchev–Trinajstić information content (AvgIpc) is 3.58. The Bertz CT molecular complexity index is 1680. The maximum absolute atomic E-state index is 14.7. The molecule has 2 aliphatic heterocycles. The van der Waals surface area contributed by atoms with Crippen LogP contribution in [0.3, 0.4) is 0 Å². The summed E-state index contributed by atoms with van der Waals surface area (Å²) in [5.74, 6) is -1.01. The number of aromatic nitrogens is 2. The van der Waals surface area contributed by atoms with Gasteiger partial charge in [-0.25, -0.2) is 0 Å². The predicted molar refractivity (Wildman–Crippen MR) is 179 cm³/mol. The van der Waals surface area contributed by atoms with Crippen LogP contribution in [0.5, 0.6) is 17.5 Å². The van der Waals surface area contributed by atoms with Crippen LogP contribution >= 0.6 is 11.3 Å². The van der Waals surface area contributed by atoms with Gasteiger partial charge in [-0.2, -0.15) is 31.3 Å². The van der Waals surface area contributed by atoms with E-state index in [-0.39, 0.29) is 50.8 Å². The Morgan fingerprint density at radius 1 is 1.04 bits per heavy atom. The summed E-state index contributed by atoms with van der Waals surface area (Å²) in [6.07, 6.45) is -6.60. The molecule has 0 unspecified atom stereocenters. The van der Waals surface area contributed by atoms with Crippen molar-refractivity contribution in [3.05, 3.63) is 64.1 Å². The molecule has 5 heterocycles. The molecule has 0 bridgehead atoms. The number of nitrogens with zero attached hydrogens (tertiary/aromatic N) is 5. The Balaban J connectivity index is 1.41. The summed E-state index contributed by atoms with van der Waals surface area (Å²) >= 11 is 0.400. The van der Waals surface area contributed by atoms with Gasteiger partial charge in [-0.1, -0.05) is 19.4 Å². The van der Waals surface area contributed by atoms with Crippen molar-refractivity contribution >= 4 is 23.2 Å². The van der Waals surface area contributed by atoms with E-state index in [1.165, 1.54) is 9.80 Å². The third kappa shape index (κ3) is 9.08. The lowest BCUT2D eigenvalue weighted by molar-refractivity contribution is -0.161. The molecule has 17 heteroatoms. The summed E-state index contributed by atoms with van der Waals surface area (Å²) in [4.78, 5) is 40.7. The fraction of sp³-hybridized carbons (Fsp3) is 0.543. The summed E-state index contributed by atoms with van der Waals surface area (Å²) < 4.78 is 101. The molecule has 52 heavy (non-hydrogen) atoms. The van der Waals surface area contributed by atoms with Crippen molar-refractivity contribution < 1.29 is 50.1 Å². The van der Waals surface area contributed by atoms with E-state index in [4.69, 9.17) is 14.2 Å². The normalized spacial score (nSPS) is 20.2. The summed E-state index contributed by atoms with van der Waals surface area (Å²) in [7, 11) is 3.85. The third-order valence-electron chi connectivity index (χ3n) is 9.06. The molecule has 0 spiro atoms. The minimum Gasteiger partial charge on any atom is -0.476 e. The molecule has 0 aromatic carbocycles. The van der Waals surface area contributed by atoms with Crippen molar-refractivity contribution in [3.63, 3.8) is 0 Å². The van der Waals surface area contributed by atoms with Crippen LogP contribution in [0.25, 0.3) is 0 Å². The number of amides is 2. The second-order valence-electron chi connectivity index (χ2n) is 13.0. The van der Waals surface area contributed by atoms with Gasteiger partial charge in [-0.15, -0.1) is 11.3 Å². The number of likely N-dealkylation sites (tertiary alicyclic amines) is 2. The van der Waals surface area contributed by atoms with Gasteiger partial charge in [-0.05, 0) is 33.0 Å². The molecule has 0 aliphatic carbocycles. The molecule has 2 amide bonds. The number of carbonyl (C=O) groups excluding carboxylic acids is 2. The maximum Gasteiger partial charge on any atom is 0.425 e. The maximum atomic E-state index is 14.7. The minimum absolute atomic E-state index is 0.00631. The van der Waals surface area contributed by atoms with Crippen molar-refractivity contribution in [1.29, 1.82) is 0 Å². The van der Waals surface area contributed by atoms with Crippen LogP contribution in [-0.2, 0) is 17.1 Å².